The smallest absolute Gasteiger partial charge is 0.265 e. The largest absolute Gasteiger partial charge is 0.378 e. The number of H-pyrrole nitrogens is 1. The van der Waals surface area contributed by atoms with Gasteiger partial charge in [-0.1, -0.05) is 54.1 Å². The molecule has 6 rings (SSSR count). The summed E-state index contributed by atoms with van der Waals surface area (Å²) in [5.41, 5.74) is 6.98. The molecule has 3 aromatic carbocycles. The molecule has 212 valence electrons. The molecule has 2 aliphatic rings. The highest BCUT2D eigenvalue weighted by Gasteiger charge is 2.43. The van der Waals surface area contributed by atoms with Crippen molar-refractivity contribution in [3.8, 4) is 0 Å². The molecule has 0 radical (unpaired) electrons. The number of aryl methyl sites for hydroxylation is 1. The summed E-state index contributed by atoms with van der Waals surface area (Å²) >= 11 is 0. The van der Waals surface area contributed by atoms with E-state index in [1.54, 1.807) is 16.4 Å². The second-order valence-electron chi connectivity index (χ2n) is 11.6. The first-order valence-corrected chi connectivity index (χ1v) is 15.5. The van der Waals surface area contributed by atoms with Crippen molar-refractivity contribution in [2.45, 2.75) is 42.5 Å². The van der Waals surface area contributed by atoms with E-state index in [-0.39, 0.29) is 6.04 Å². The fourth-order valence-corrected chi connectivity index (χ4v) is 7.39. The molecule has 2 aliphatic carbocycles. The van der Waals surface area contributed by atoms with Gasteiger partial charge in [0.15, 0.2) is 5.82 Å². The third-order valence-corrected chi connectivity index (χ3v) is 10.2. The summed E-state index contributed by atoms with van der Waals surface area (Å²) in [6, 6.07) is 24.4. The van der Waals surface area contributed by atoms with Gasteiger partial charge in [-0.15, -0.1) is 0 Å². The maximum Gasteiger partial charge on any atom is 0.265 e. The number of anilines is 3. The van der Waals surface area contributed by atoms with E-state index in [2.05, 4.69) is 80.7 Å². The summed E-state index contributed by atoms with van der Waals surface area (Å²) in [4.78, 5) is 4.49. The Bertz CT molecular complexity index is 1630. The Morgan fingerprint density at radius 1 is 0.805 bits per heavy atom. The lowest BCUT2D eigenvalue weighted by Crippen LogP contribution is -2.34. The van der Waals surface area contributed by atoms with Crippen LogP contribution < -0.4 is 14.1 Å². The van der Waals surface area contributed by atoms with Gasteiger partial charge in [-0.3, -0.25) is 5.10 Å². The van der Waals surface area contributed by atoms with Crippen LogP contribution in [0.15, 0.2) is 83.8 Å². The Hall–Kier alpha value is -4.04. The topological polar surface area (TPSA) is 72.5 Å². The van der Waals surface area contributed by atoms with Gasteiger partial charge in [0.2, 0.25) is 0 Å². The summed E-state index contributed by atoms with van der Waals surface area (Å²) < 4.78 is 29.3. The first-order chi connectivity index (χ1) is 19.6. The number of rotatable bonds is 8. The van der Waals surface area contributed by atoms with E-state index in [0.29, 0.717) is 17.1 Å². The Kier molecular flexibility index (Phi) is 6.69. The number of fused-ring (bicyclic) bond motifs is 1. The van der Waals surface area contributed by atoms with Crippen LogP contribution in [0.1, 0.15) is 40.8 Å². The SMILES string of the molecule is Cc1ccc(S(=O)(=O)N(c2n[nH]c3c2C=CC(c2ccc(N(C)C)cc2)(c2ccc(N(C)C)cc2)C3)C2CC2)cc1. The van der Waals surface area contributed by atoms with Crippen LogP contribution in [-0.2, 0) is 21.9 Å². The zero-order valence-corrected chi connectivity index (χ0v) is 25.1. The number of hydrogen-bond acceptors (Lipinski definition) is 5. The molecule has 4 aromatic rings. The van der Waals surface area contributed by atoms with Crippen LogP contribution in [-0.4, -0.2) is 52.8 Å². The zero-order valence-electron chi connectivity index (χ0n) is 24.3. The van der Waals surface area contributed by atoms with E-state index in [4.69, 9.17) is 0 Å². The van der Waals surface area contributed by atoms with Gasteiger partial charge in [0.25, 0.3) is 10.0 Å². The van der Waals surface area contributed by atoms with E-state index in [0.717, 1.165) is 41.0 Å². The number of nitrogens with one attached hydrogen (secondary N) is 1. The Labute approximate surface area is 243 Å². The van der Waals surface area contributed by atoms with Crippen LogP contribution in [0.4, 0.5) is 17.2 Å². The number of hydrogen-bond donors (Lipinski definition) is 1. The van der Waals surface area contributed by atoms with Gasteiger partial charge < -0.3 is 9.80 Å². The quantitative estimate of drug-likeness (QED) is 0.293. The van der Waals surface area contributed by atoms with E-state index >= 15 is 0 Å². The van der Waals surface area contributed by atoms with Crippen LogP contribution in [0.3, 0.4) is 0 Å². The highest BCUT2D eigenvalue weighted by molar-refractivity contribution is 7.92. The van der Waals surface area contributed by atoms with Crippen LogP contribution in [0, 0.1) is 6.92 Å². The average molecular weight is 568 g/mol. The predicted octanol–water partition coefficient (Wildman–Crippen LogP) is 5.76. The maximum atomic E-state index is 13.9. The van der Waals surface area contributed by atoms with E-state index in [9.17, 15) is 8.42 Å². The highest BCUT2D eigenvalue weighted by Crippen LogP contribution is 2.46. The lowest BCUT2D eigenvalue weighted by Gasteiger charge is -2.35. The summed E-state index contributed by atoms with van der Waals surface area (Å²) in [6.45, 7) is 1.96. The molecule has 7 nitrogen and oxygen atoms in total. The second kappa shape index (κ2) is 10.1. The van der Waals surface area contributed by atoms with Crippen LogP contribution in [0.25, 0.3) is 6.08 Å². The zero-order chi connectivity index (χ0) is 28.9. The molecule has 1 N–H and O–H groups in total. The summed E-state index contributed by atoms with van der Waals surface area (Å²) in [5, 5.41) is 7.91. The lowest BCUT2D eigenvalue weighted by atomic mass is 9.68. The van der Waals surface area contributed by atoms with E-state index in [1.807, 2.05) is 47.2 Å². The molecule has 8 heteroatoms. The van der Waals surface area contributed by atoms with Gasteiger partial charge in [0.05, 0.1) is 4.90 Å². The third kappa shape index (κ3) is 4.80. The normalized spacial score (nSPS) is 15.8. The average Bonchev–Trinajstić information content (AvgIpc) is 3.72. The Morgan fingerprint density at radius 3 is 1.83 bits per heavy atom. The molecule has 0 aliphatic heterocycles. The first-order valence-electron chi connectivity index (χ1n) is 14.0. The Balaban J connectivity index is 1.44. The van der Waals surface area contributed by atoms with Gasteiger partial charge in [-0.2, -0.15) is 5.10 Å². The molecule has 1 fully saturated rings. The standard InChI is InChI=1S/C33H37N5O2S/c1-23-6-18-29(19-7-23)41(39,40)38(28-16-17-28)32-30-20-21-33(22-31(30)34-35-32,24-8-12-26(13-9-24)36(2)3)25-10-14-27(15-11-25)37(4)5/h6-15,18-21,28H,16-17,22H2,1-5H3,(H,34,35). The van der Waals surface area contributed by atoms with Crippen molar-refractivity contribution in [2.75, 3.05) is 42.3 Å². The number of aromatic nitrogens is 2. The molecular formula is C33H37N5O2S. The molecule has 0 amide bonds. The summed E-state index contributed by atoms with van der Waals surface area (Å²) in [6.07, 6.45) is 6.59. The molecule has 41 heavy (non-hydrogen) atoms. The van der Waals surface area contributed by atoms with Gasteiger partial charge in [0, 0.05) is 68.7 Å². The number of nitrogens with zero attached hydrogens (tertiary/aromatic N) is 4. The Morgan fingerprint density at radius 2 is 1.34 bits per heavy atom. The second-order valence-corrected chi connectivity index (χ2v) is 13.5. The fourth-order valence-electron chi connectivity index (χ4n) is 5.71. The van der Waals surface area contributed by atoms with Crippen molar-refractivity contribution in [3.05, 3.63) is 107 Å². The maximum absolute atomic E-state index is 13.9. The van der Waals surface area contributed by atoms with Crippen LogP contribution in [0.2, 0.25) is 0 Å². The fraction of sp³-hybridized carbons (Fsp3) is 0.303. The molecule has 0 unspecified atom stereocenters. The molecule has 0 spiro atoms. The van der Waals surface area contributed by atoms with Gasteiger partial charge in [-0.05, 0) is 67.3 Å². The molecule has 1 saturated carbocycles. The third-order valence-electron chi connectivity index (χ3n) is 8.32. The molecule has 1 heterocycles. The molecule has 0 atom stereocenters. The van der Waals surface area contributed by atoms with Crippen LogP contribution >= 0.6 is 0 Å². The minimum atomic E-state index is -3.76. The molecular weight excluding hydrogens is 530 g/mol. The van der Waals surface area contributed by atoms with Crippen molar-refractivity contribution in [1.82, 2.24) is 10.2 Å². The van der Waals surface area contributed by atoms with Gasteiger partial charge in [0.1, 0.15) is 0 Å². The monoisotopic (exact) mass is 567 g/mol. The van der Waals surface area contributed by atoms with Crippen molar-refractivity contribution in [2.24, 2.45) is 0 Å². The van der Waals surface area contributed by atoms with Crippen LogP contribution in [0.5, 0.6) is 0 Å². The molecule has 0 bridgehead atoms. The number of aromatic amines is 1. The minimum Gasteiger partial charge on any atom is -0.378 e. The molecule has 0 saturated heterocycles. The molecule has 1 aromatic heterocycles. The number of sulfonamides is 1. The summed E-state index contributed by atoms with van der Waals surface area (Å²) in [7, 11) is 4.40. The van der Waals surface area contributed by atoms with E-state index < -0.39 is 15.4 Å². The van der Waals surface area contributed by atoms with Crippen molar-refractivity contribution < 1.29 is 8.42 Å². The van der Waals surface area contributed by atoms with E-state index in [1.165, 1.54) is 11.1 Å². The van der Waals surface area contributed by atoms with Crippen molar-refractivity contribution >= 4 is 33.3 Å². The van der Waals surface area contributed by atoms with Crippen molar-refractivity contribution in [1.29, 1.82) is 0 Å². The first kappa shape index (κ1) is 27.1. The highest BCUT2D eigenvalue weighted by atomic mass is 32.2. The van der Waals surface area contributed by atoms with Gasteiger partial charge in [-0.25, -0.2) is 12.7 Å². The van der Waals surface area contributed by atoms with Crippen molar-refractivity contribution in [3.63, 3.8) is 0 Å². The number of benzene rings is 3. The lowest BCUT2D eigenvalue weighted by molar-refractivity contribution is 0.589. The minimum absolute atomic E-state index is 0.0778. The van der Waals surface area contributed by atoms with Gasteiger partial charge >= 0.3 is 0 Å². The summed E-state index contributed by atoms with van der Waals surface area (Å²) in [5.74, 6) is 0.485. The predicted molar refractivity (Wildman–Crippen MR) is 168 cm³/mol. The number of allylic oxidation sites excluding steroid dienone is 1.